The predicted octanol–water partition coefficient (Wildman–Crippen LogP) is 3.37. The first kappa shape index (κ1) is 16.9. The van der Waals surface area contributed by atoms with Crippen LogP contribution in [0.1, 0.15) is 24.3 Å². The zero-order valence-electron chi connectivity index (χ0n) is 13.4. The molecule has 0 saturated heterocycles. The topological polar surface area (TPSA) is 91.0 Å². The van der Waals surface area contributed by atoms with Gasteiger partial charge in [0, 0.05) is 12.6 Å². The first-order chi connectivity index (χ1) is 12.2. The van der Waals surface area contributed by atoms with Crippen LogP contribution in [0.15, 0.2) is 36.7 Å². The highest BCUT2D eigenvalue weighted by atomic mass is 32.1. The maximum atomic E-state index is 10.4. The van der Waals surface area contributed by atoms with Gasteiger partial charge in [0.25, 0.3) is 0 Å². The third kappa shape index (κ3) is 4.75. The number of para-hydroxylation sites is 2. The van der Waals surface area contributed by atoms with Gasteiger partial charge in [-0.1, -0.05) is 18.1 Å². The van der Waals surface area contributed by atoms with Crippen molar-refractivity contribution < 1.29 is 9.53 Å². The van der Waals surface area contributed by atoms with Crippen LogP contribution >= 0.6 is 11.3 Å². The highest BCUT2D eigenvalue weighted by Gasteiger charge is 2.06. The lowest BCUT2D eigenvalue weighted by Crippen LogP contribution is -2.13. The van der Waals surface area contributed by atoms with Gasteiger partial charge in [-0.2, -0.15) is 0 Å². The Balaban J connectivity index is 1.58. The van der Waals surface area contributed by atoms with Crippen LogP contribution in [-0.4, -0.2) is 27.7 Å². The normalized spacial score (nSPS) is 10.2. The van der Waals surface area contributed by atoms with E-state index in [0.717, 1.165) is 39.5 Å². The second-order valence-electron chi connectivity index (χ2n) is 5.20. The molecule has 0 spiro atoms. The number of fused-ring (bicyclic) bond motifs is 1. The smallest absolute Gasteiger partial charge is 0.404 e. The molecule has 126 valence electrons. The molecule has 0 bridgehead atoms. The summed E-state index contributed by atoms with van der Waals surface area (Å²) in [6.07, 6.45) is 5.09. The maximum Gasteiger partial charge on any atom is 0.404 e. The van der Waals surface area contributed by atoms with Crippen LogP contribution in [0.25, 0.3) is 21.6 Å². The van der Waals surface area contributed by atoms with Gasteiger partial charge >= 0.3 is 6.09 Å². The molecule has 0 radical (unpaired) electrons. The molecule has 2 aromatic heterocycles. The minimum Gasteiger partial charge on any atom is -0.450 e. The standard InChI is InChI=1S/C18H16N4O2S/c19-18(23)24-10-6-2-1-3-9-17-21-12-16(25-17)15-11-20-13-7-4-5-8-14(13)22-15/h4-5,7-8,11-12H,1-2,6,10H2,(H2,19,23). The molecule has 0 aliphatic rings. The summed E-state index contributed by atoms with van der Waals surface area (Å²) in [5.74, 6) is 6.12. The van der Waals surface area contributed by atoms with Crippen LogP contribution in [0.2, 0.25) is 0 Å². The van der Waals surface area contributed by atoms with E-state index in [1.54, 1.807) is 12.4 Å². The third-order valence-electron chi connectivity index (χ3n) is 3.34. The number of unbranched alkanes of at least 4 members (excludes halogenated alkanes) is 2. The Bertz CT molecular complexity index is 943. The Labute approximate surface area is 149 Å². The third-order valence-corrected chi connectivity index (χ3v) is 4.28. The van der Waals surface area contributed by atoms with E-state index in [0.29, 0.717) is 13.0 Å². The summed E-state index contributed by atoms with van der Waals surface area (Å²) in [6, 6.07) is 7.76. The largest absolute Gasteiger partial charge is 0.450 e. The molecule has 1 amide bonds. The second kappa shape index (κ2) is 8.22. The van der Waals surface area contributed by atoms with Crippen molar-refractivity contribution in [2.45, 2.75) is 19.3 Å². The maximum absolute atomic E-state index is 10.4. The molecule has 0 fully saturated rings. The van der Waals surface area contributed by atoms with Crippen molar-refractivity contribution in [1.82, 2.24) is 15.0 Å². The van der Waals surface area contributed by atoms with E-state index in [4.69, 9.17) is 5.73 Å². The van der Waals surface area contributed by atoms with E-state index in [-0.39, 0.29) is 0 Å². The average Bonchev–Trinajstić information content (AvgIpc) is 3.09. The van der Waals surface area contributed by atoms with E-state index in [1.807, 2.05) is 24.3 Å². The van der Waals surface area contributed by atoms with E-state index >= 15 is 0 Å². The summed E-state index contributed by atoms with van der Waals surface area (Å²) in [5.41, 5.74) is 7.42. The summed E-state index contributed by atoms with van der Waals surface area (Å²) >= 11 is 1.49. The molecular weight excluding hydrogens is 336 g/mol. The van der Waals surface area contributed by atoms with Gasteiger partial charge in [-0.15, -0.1) is 11.3 Å². The van der Waals surface area contributed by atoms with Crippen LogP contribution in [-0.2, 0) is 4.74 Å². The molecule has 25 heavy (non-hydrogen) atoms. The minimum absolute atomic E-state index is 0.332. The van der Waals surface area contributed by atoms with Crippen LogP contribution in [0.5, 0.6) is 0 Å². The number of carbonyl (C=O) groups is 1. The highest BCUT2D eigenvalue weighted by Crippen LogP contribution is 2.24. The highest BCUT2D eigenvalue weighted by molar-refractivity contribution is 7.15. The lowest BCUT2D eigenvalue weighted by Gasteiger charge is -1.98. The monoisotopic (exact) mass is 352 g/mol. The molecule has 6 nitrogen and oxygen atoms in total. The summed E-state index contributed by atoms with van der Waals surface area (Å²) in [4.78, 5) is 24.7. The molecule has 3 aromatic rings. The van der Waals surface area contributed by atoms with Crippen molar-refractivity contribution in [1.29, 1.82) is 0 Å². The molecule has 3 rings (SSSR count). The predicted molar refractivity (Wildman–Crippen MR) is 96.9 cm³/mol. The first-order valence-corrected chi connectivity index (χ1v) is 8.63. The number of amides is 1. The number of nitrogens with zero attached hydrogens (tertiary/aromatic N) is 3. The molecule has 0 saturated carbocycles. The van der Waals surface area contributed by atoms with Crippen LogP contribution in [0.3, 0.4) is 0 Å². The van der Waals surface area contributed by atoms with Crippen LogP contribution in [0, 0.1) is 11.8 Å². The van der Waals surface area contributed by atoms with Gasteiger partial charge in [-0.3, -0.25) is 4.98 Å². The number of hydrogen-bond acceptors (Lipinski definition) is 6. The summed E-state index contributed by atoms with van der Waals surface area (Å²) in [6.45, 7) is 0.332. The van der Waals surface area contributed by atoms with Gasteiger partial charge in [0.2, 0.25) is 0 Å². The molecule has 7 heteroatoms. The van der Waals surface area contributed by atoms with Crippen molar-refractivity contribution >= 4 is 28.5 Å². The van der Waals surface area contributed by atoms with E-state index in [1.165, 1.54) is 11.3 Å². The second-order valence-corrected chi connectivity index (χ2v) is 6.23. The number of nitrogens with two attached hydrogens (primary N) is 1. The quantitative estimate of drug-likeness (QED) is 0.561. The zero-order valence-corrected chi connectivity index (χ0v) is 14.3. The summed E-state index contributed by atoms with van der Waals surface area (Å²) < 4.78 is 4.66. The molecule has 0 unspecified atom stereocenters. The molecule has 0 aliphatic heterocycles. The number of thiazole rings is 1. The fraction of sp³-hybridized carbons (Fsp3) is 0.222. The summed E-state index contributed by atoms with van der Waals surface area (Å²) in [7, 11) is 0. The lowest BCUT2D eigenvalue weighted by atomic mass is 10.2. The fourth-order valence-corrected chi connectivity index (χ4v) is 2.90. The molecule has 2 N–H and O–H groups in total. The zero-order chi connectivity index (χ0) is 17.5. The van der Waals surface area contributed by atoms with Crippen molar-refractivity contribution in [3.63, 3.8) is 0 Å². The van der Waals surface area contributed by atoms with Crippen LogP contribution < -0.4 is 5.73 Å². The van der Waals surface area contributed by atoms with Gasteiger partial charge in [0.05, 0.1) is 28.7 Å². The van der Waals surface area contributed by atoms with E-state index in [2.05, 4.69) is 31.5 Å². The molecular formula is C18H16N4O2S. The number of benzene rings is 1. The Morgan fingerprint density at radius 3 is 2.84 bits per heavy atom. The molecule has 2 heterocycles. The minimum atomic E-state index is -0.738. The first-order valence-electron chi connectivity index (χ1n) is 7.81. The number of hydrogen-bond donors (Lipinski definition) is 1. The number of aromatic nitrogens is 3. The number of ether oxygens (including phenoxy) is 1. The van der Waals surface area contributed by atoms with Gasteiger partial charge in [-0.25, -0.2) is 14.8 Å². The Morgan fingerprint density at radius 1 is 1.16 bits per heavy atom. The van der Waals surface area contributed by atoms with Crippen molar-refractivity contribution in [3.05, 3.63) is 41.7 Å². The fourth-order valence-electron chi connectivity index (χ4n) is 2.15. The molecule has 1 aromatic carbocycles. The Hall–Kier alpha value is -2.98. The number of primary amides is 1. The van der Waals surface area contributed by atoms with Gasteiger partial charge in [0.15, 0.2) is 5.01 Å². The van der Waals surface area contributed by atoms with Crippen molar-refractivity contribution in [2.24, 2.45) is 5.73 Å². The lowest BCUT2D eigenvalue weighted by molar-refractivity contribution is 0.155. The van der Waals surface area contributed by atoms with Gasteiger partial charge in [-0.05, 0) is 30.9 Å². The number of carbonyl (C=O) groups excluding carboxylic acids is 1. The van der Waals surface area contributed by atoms with E-state index in [9.17, 15) is 4.79 Å². The molecule has 0 aliphatic carbocycles. The average molecular weight is 352 g/mol. The summed E-state index contributed by atoms with van der Waals surface area (Å²) in [5, 5.41) is 0.748. The van der Waals surface area contributed by atoms with Crippen molar-refractivity contribution in [3.8, 4) is 22.4 Å². The number of rotatable bonds is 5. The van der Waals surface area contributed by atoms with Gasteiger partial charge in [0.1, 0.15) is 5.69 Å². The van der Waals surface area contributed by atoms with Crippen molar-refractivity contribution in [2.75, 3.05) is 6.61 Å². The van der Waals surface area contributed by atoms with Gasteiger partial charge < -0.3 is 10.5 Å². The van der Waals surface area contributed by atoms with E-state index < -0.39 is 6.09 Å². The Kier molecular flexibility index (Phi) is 5.54. The Morgan fingerprint density at radius 2 is 2.00 bits per heavy atom. The molecule has 0 atom stereocenters. The van der Waals surface area contributed by atoms with Crippen LogP contribution in [0.4, 0.5) is 4.79 Å². The SMILES string of the molecule is NC(=O)OCCCCC#Cc1ncc(-c2cnc3ccccc3n2)s1.